The Kier molecular flexibility index (Phi) is 4.48. The Morgan fingerprint density at radius 3 is 2.55 bits per heavy atom. The number of nitrogens with two attached hydrogens (primary N) is 1. The van der Waals surface area contributed by atoms with Gasteiger partial charge in [0.05, 0.1) is 7.11 Å². The van der Waals surface area contributed by atoms with E-state index in [0.717, 1.165) is 5.56 Å². The number of nitrogen functional groups attached to an aromatic ring is 1. The van der Waals surface area contributed by atoms with Crippen LogP contribution >= 0.6 is 11.6 Å². The lowest BCUT2D eigenvalue weighted by molar-refractivity contribution is 0.303. The molecule has 4 nitrogen and oxygen atoms in total. The standard InChI is InChI=1S/C15H15ClN2O2/c1-19-12-6-11(15(17)18)7-13(8-12)20-9-10-4-2-3-5-14(10)16/h2-8H,9H2,1H3,(H3,17,18). The van der Waals surface area contributed by atoms with E-state index in [1.807, 2.05) is 24.3 Å². The first-order chi connectivity index (χ1) is 9.60. The molecule has 0 aliphatic heterocycles. The van der Waals surface area contributed by atoms with Crippen molar-refractivity contribution in [2.75, 3.05) is 7.11 Å². The number of rotatable bonds is 5. The summed E-state index contributed by atoms with van der Waals surface area (Å²) >= 11 is 6.07. The summed E-state index contributed by atoms with van der Waals surface area (Å²) in [6.07, 6.45) is 0. The average Bonchev–Trinajstić information content (AvgIpc) is 2.46. The zero-order chi connectivity index (χ0) is 14.5. The summed E-state index contributed by atoms with van der Waals surface area (Å²) in [5, 5.41) is 8.13. The van der Waals surface area contributed by atoms with Gasteiger partial charge in [0.1, 0.15) is 23.9 Å². The summed E-state index contributed by atoms with van der Waals surface area (Å²) in [5.74, 6) is 1.13. The lowest BCUT2D eigenvalue weighted by Gasteiger charge is -2.11. The zero-order valence-corrected chi connectivity index (χ0v) is 11.8. The van der Waals surface area contributed by atoms with Crippen molar-refractivity contribution in [1.29, 1.82) is 5.41 Å². The van der Waals surface area contributed by atoms with E-state index >= 15 is 0 Å². The Balaban J connectivity index is 2.19. The first kappa shape index (κ1) is 14.2. The van der Waals surface area contributed by atoms with E-state index < -0.39 is 0 Å². The monoisotopic (exact) mass is 290 g/mol. The van der Waals surface area contributed by atoms with E-state index in [2.05, 4.69) is 0 Å². The molecule has 0 bridgehead atoms. The van der Waals surface area contributed by atoms with Crippen LogP contribution in [0.1, 0.15) is 11.1 Å². The van der Waals surface area contributed by atoms with Gasteiger partial charge in [-0.1, -0.05) is 29.8 Å². The van der Waals surface area contributed by atoms with Crippen molar-refractivity contribution in [3.05, 3.63) is 58.6 Å². The van der Waals surface area contributed by atoms with Crippen LogP contribution in [0.25, 0.3) is 0 Å². The fourth-order valence-electron chi connectivity index (χ4n) is 1.70. The first-order valence-electron chi connectivity index (χ1n) is 6.00. The number of hydrogen-bond acceptors (Lipinski definition) is 3. The predicted molar refractivity (Wildman–Crippen MR) is 79.8 cm³/mol. The van der Waals surface area contributed by atoms with E-state index in [1.54, 1.807) is 25.3 Å². The Hall–Kier alpha value is -2.20. The summed E-state index contributed by atoms with van der Waals surface area (Å²) in [7, 11) is 1.55. The second-order valence-corrected chi connectivity index (χ2v) is 4.60. The number of methoxy groups -OCH3 is 1. The Morgan fingerprint density at radius 1 is 1.20 bits per heavy atom. The lowest BCUT2D eigenvalue weighted by atomic mass is 10.2. The number of benzene rings is 2. The summed E-state index contributed by atoms with van der Waals surface area (Å²) in [6.45, 7) is 0.337. The molecule has 0 unspecified atom stereocenters. The van der Waals surface area contributed by atoms with Crippen LogP contribution in [0.15, 0.2) is 42.5 Å². The van der Waals surface area contributed by atoms with Crippen molar-refractivity contribution in [2.45, 2.75) is 6.61 Å². The molecule has 0 aliphatic rings. The van der Waals surface area contributed by atoms with E-state index in [4.69, 9.17) is 32.2 Å². The highest BCUT2D eigenvalue weighted by atomic mass is 35.5. The predicted octanol–water partition coefficient (Wildman–Crippen LogP) is 3.21. The highest BCUT2D eigenvalue weighted by molar-refractivity contribution is 6.31. The fourth-order valence-corrected chi connectivity index (χ4v) is 1.90. The molecular formula is C15H15ClN2O2. The van der Waals surface area contributed by atoms with Gasteiger partial charge < -0.3 is 15.2 Å². The highest BCUT2D eigenvalue weighted by Crippen LogP contribution is 2.24. The molecule has 2 rings (SSSR count). The molecule has 0 heterocycles. The van der Waals surface area contributed by atoms with Gasteiger partial charge in [0.2, 0.25) is 0 Å². The molecule has 104 valence electrons. The molecule has 0 atom stereocenters. The fraction of sp³-hybridized carbons (Fsp3) is 0.133. The third kappa shape index (κ3) is 3.42. The molecule has 5 heteroatoms. The molecule has 0 saturated heterocycles. The van der Waals surface area contributed by atoms with Crippen LogP contribution in [-0.4, -0.2) is 12.9 Å². The topological polar surface area (TPSA) is 68.3 Å². The van der Waals surface area contributed by atoms with E-state index in [0.29, 0.717) is 28.7 Å². The number of halogens is 1. The van der Waals surface area contributed by atoms with Crippen LogP contribution in [0.5, 0.6) is 11.5 Å². The van der Waals surface area contributed by atoms with Crippen molar-refractivity contribution >= 4 is 17.4 Å². The third-order valence-corrected chi connectivity index (χ3v) is 3.15. The van der Waals surface area contributed by atoms with Crippen molar-refractivity contribution in [3.63, 3.8) is 0 Å². The maximum Gasteiger partial charge on any atom is 0.124 e. The van der Waals surface area contributed by atoms with Crippen LogP contribution in [0, 0.1) is 5.41 Å². The van der Waals surface area contributed by atoms with Gasteiger partial charge in [-0.2, -0.15) is 0 Å². The maximum absolute atomic E-state index is 7.48. The summed E-state index contributed by atoms with van der Waals surface area (Å²) in [6, 6.07) is 12.6. The van der Waals surface area contributed by atoms with E-state index in [1.165, 1.54) is 0 Å². The Labute approximate surface area is 122 Å². The molecular weight excluding hydrogens is 276 g/mol. The van der Waals surface area contributed by atoms with Crippen molar-refractivity contribution < 1.29 is 9.47 Å². The van der Waals surface area contributed by atoms with Gasteiger partial charge in [-0.3, -0.25) is 5.41 Å². The SMILES string of the molecule is COc1cc(OCc2ccccc2Cl)cc(C(=N)N)c1. The Morgan fingerprint density at radius 2 is 1.90 bits per heavy atom. The maximum atomic E-state index is 7.48. The number of amidine groups is 1. The largest absolute Gasteiger partial charge is 0.497 e. The number of hydrogen-bond donors (Lipinski definition) is 2. The lowest BCUT2D eigenvalue weighted by Crippen LogP contribution is -2.11. The molecule has 0 aliphatic carbocycles. The van der Waals surface area contributed by atoms with Crippen molar-refractivity contribution in [3.8, 4) is 11.5 Å². The van der Waals surface area contributed by atoms with Crippen molar-refractivity contribution in [2.24, 2.45) is 5.73 Å². The minimum absolute atomic E-state index is 0.0357. The molecule has 0 aromatic heterocycles. The second-order valence-electron chi connectivity index (χ2n) is 4.19. The number of ether oxygens (including phenoxy) is 2. The van der Waals surface area contributed by atoms with Gasteiger partial charge in [-0.05, 0) is 18.2 Å². The van der Waals surface area contributed by atoms with Crippen LogP contribution in [-0.2, 0) is 6.61 Å². The molecule has 3 N–H and O–H groups in total. The first-order valence-corrected chi connectivity index (χ1v) is 6.37. The van der Waals surface area contributed by atoms with E-state index in [-0.39, 0.29) is 5.84 Å². The van der Waals surface area contributed by atoms with Crippen LogP contribution < -0.4 is 15.2 Å². The molecule has 0 radical (unpaired) electrons. The van der Waals surface area contributed by atoms with Crippen LogP contribution in [0.4, 0.5) is 0 Å². The van der Waals surface area contributed by atoms with Gasteiger partial charge in [0.25, 0.3) is 0 Å². The van der Waals surface area contributed by atoms with Gasteiger partial charge in [-0.25, -0.2) is 0 Å². The molecule has 0 fully saturated rings. The van der Waals surface area contributed by atoms with Gasteiger partial charge in [0.15, 0.2) is 0 Å². The summed E-state index contributed by atoms with van der Waals surface area (Å²) in [5.41, 5.74) is 6.93. The second kappa shape index (κ2) is 6.30. The molecule has 2 aromatic rings. The van der Waals surface area contributed by atoms with E-state index in [9.17, 15) is 0 Å². The normalized spacial score (nSPS) is 10.1. The summed E-state index contributed by atoms with van der Waals surface area (Å²) in [4.78, 5) is 0. The quantitative estimate of drug-likeness (QED) is 0.656. The summed E-state index contributed by atoms with van der Waals surface area (Å²) < 4.78 is 10.9. The highest BCUT2D eigenvalue weighted by Gasteiger charge is 2.06. The molecule has 2 aromatic carbocycles. The van der Waals surface area contributed by atoms with Crippen LogP contribution in [0.3, 0.4) is 0 Å². The average molecular weight is 291 g/mol. The van der Waals surface area contributed by atoms with Gasteiger partial charge in [0, 0.05) is 22.2 Å². The number of nitrogens with one attached hydrogen (secondary N) is 1. The van der Waals surface area contributed by atoms with Crippen molar-refractivity contribution in [1.82, 2.24) is 0 Å². The minimum atomic E-state index is -0.0357. The molecule has 0 spiro atoms. The molecule has 0 amide bonds. The zero-order valence-electron chi connectivity index (χ0n) is 11.0. The molecule has 0 saturated carbocycles. The Bertz CT molecular complexity index is 629. The third-order valence-electron chi connectivity index (χ3n) is 2.78. The van der Waals surface area contributed by atoms with Gasteiger partial charge in [-0.15, -0.1) is 0 Å². The van der Waals surface area contributed by atoms with Crippen LogP contribution in [0.2, 0.25) is 5.02 Å². The smallest absolute Gasteiger partial charge is 0.124 e. The minimum Gasteiger partial charge on any atom is -0.497 e. The molecule has 20 heavy (non-hydrogen) atoms. The van der Waals surface area contributed by atoms with Gasteiger partial charge >= 0.3 is 0 Å².